The van der Waals surface area contributed by atoms with Crippen molar-refractivity contribution < 1.29 is 14.5 Å². The Hall–Kier alpha value is -3.94. The first-order valence-electron chi connectivity index (χ1n) is 7.61. The smallest absolute Gasteiger partial charge is 0.363 e. The highest BCUT2D eigenvalue weighted by Crippen LogP contribution is 2.23. The Morgan fingerprint density at radius 1 is 0.885 bits per heavy atom. The zero-order chi connectivity index (χ0) is 18.4. The summed E-state index contributed by atoms with van der Waals surface area (Å²) < 4.78 is 5.56. The summed E-state index contributed by atoms with van der Waals surface area (Å²) in [5.74, 6) is 0.633. The lowest BCUT2D eigenvalue weighted by Crippen LogP contribution is -2.19. The third-order valence-corrected chi connectivity index (χ3v) is 3.29. The van der Waals surface area contributed by atoms with Gasteiger partial charge >= 0.3 is 11.8 Å². The number of benzene rings is 2. The van der Waals surface area contributed by atoms with Crippen LogP contribution in [0, 0.1) is 10.1 Å². The van der Waals surface area contributed by atoms with Crippen molar-refractivity contribution in [3.05, 3.63) is 83.0 Å². The number of carbonyl (C=O) groups is 1. The molecular weight excluding hydrogens is 336 g/mol. The van der Waals surface area contributed by atoms with E-state index in [9.17, 15) is 14.9 Å². The Morgan fingerprint density at radius 3 is 2.08 bits per heavy atom. The molecule has 26 heavy (non-hydrogen) atoms. The minimum Gasteiger partial charge on any atom is -0.453 e. The summed E-state index contributed by atoms with van der Waals surface area (Å²) in [6.07, 6.45) is 1.28. The number of amides is 2. The molecular formula is C18H14N4O4. The highest BCUT2D eigenvalue weighted by molar-refractivity contribution is 5.99. The van der Waals surface area contributed by atoms with Gasteiger partial charge in [-0.1, -0.05) is 18.2 Å². The van der Waals surface area contributed by atoms with Gasteiger partial charge in [-0.2, -0.15) is 0 Å². The monoisotopic (exact) mass is 350 g/mol. The lowest BCUT2D eigenvalue weighted by molar-refractivity contribution is -0.389. The predicted octanol–water partition coefficient (Wildman–Crippen LogP) is 4.43. The minimum atomic E-state index is -0.579. The van der Waals surface area contributed by atoms with Crippen LogP contribution in [-0.2, 0) is 0 Å². The van der Waals surface area contributed by atoms with E-state index >= 15 is 0 Å². The molecule has 2 amide bonds. The Kier molecular flexibility index (Phi) is 5.04. The van der Waals surface area contributed by atoms with E-state index in [1.165, 1.54) is 18.3 Å². The fourth-order valence-corrected chi connectivity index (χ4v) is 2.10. The number of aromatic nitrogens is 1. The maximum absolute atomic E-state index is 11.9. The number of para-hydroxylation sites is 1. The van der Waals surface area contributed by atoms with Gasteiger partial charge in [-0.25, -0.2) is 4.79 Å². The second kappa shape index (κ2) is 7.75. The number of hydrogen-bond donors (Lipinski definition) is 2. The van der Waals surface area contributed by atoms with E-state index in [-0.39, 0.29) is 11.8 Å². The van der Waals surface area contributed by atoms with E-state index in [0.717, 1.165) is 0 Å². The lowest BCUT2D eigenvalue weighted by Gasteiger charge is -2.09. The number of nitrogens with one attached hydrogen (secondary N) is 2. The fourth-order valence-electron chi connectivity index (χ4n) is 2.10. The molecule has 8 heteroatoms. The number of hydrogen-bond acceptors (Lipinski definition) is 5. The van der Waals surface area contributed by atoms with Crippen molar-refractivity contribution in [2.24, 2.45) is 0 Å². The number of rotatable bonds is 5. The molecule has 0 aliphatic carbocycles. The summed E-state index contributed by atoms with van der Waals surface area (Å²) in [5, 5.41) is 16.0. The normalized spacial score (nSPS) is 10.0. The van der Waals surface area contributed by atoms with Gasteiger partial charge in [0.15, 0.2) is 11.9 Å². The Balaban J connectivity index is 1.57. The quantitative estimate of drug-likeness (QED) is 0.523. The van der Waals surface area contributed by atoms with Crippen molar-refractivity contribution in [1.82, 2.24) is 4.98 Å². The number of carbonyl (C=O) groups excluding carboxylic acids is 1. The summed E-state index contributed by atoms with van der Waals surface area (Å²) in [6.45, 7) is 0. The Bertz CT molecular complexity index is 897. The molecule has 2 N–H and O–H groups in total. The third kappa shape index (κ3) is 4.54. The van der Waals surface area contributed by atoms with Gasteiger partial charge in [-0.15, -0.1) is 0 Å². The van der Waals surface area contributed by atoms with Crippen molar-refractivity contribution in [2.45, 2.75) is 0 Å². The van der Waals surface area contributed by atoms with Crippen molar-refractivity contribution in [3.8, 4) is 11.5 Å². The summed E-state index contributed by atoms with van der Waals surface area (Å²) in [5.41, 5.74) is 1.28. The predicted molar refractivity (Wildman–Crippen MR) is 96.5 cm³/mol. The summed E-state index contributed by atoms with van der Waals surface area (Å²) in [7, 11) is 0. The van der Waals surface area contributed by atoms with Gasteiger partial charge in [0.2, 0.25) is 0 Å². The van der Waals surface area contributed by atoms with Crippen molar-refractivity contribution >= 4 is 23.2 Å². The van der Waals surface area contributed by atoms with E-state index in [1.54, 1.807) is 36.4 Å². The number of anilines is 2. The number of nitro groups is 1. The van der Waals surface area contributed by atoms with Crippen LogP contribution < -0.4 is 15.4 Å². The summed E-state index contributed by atoms with van der Waals surface area (Å²) >= 11 is 0. The van der Waals surface area contributed by atoms with Gasteiger partial charge in [-0.05, 0) is 52.4 Å². The Morgan fingerprint density at radius 2 is 1.50 bits per heavy atom. The third-order valence-electron chi connectivity index (χ3n) is 3.29. The molecule has 0 saturated carbocycles. The molecule has 0 atom stereocenters. The van der Waals surface area contributed by atoms with Crippen molar-refractivity contribution in [3.63, 3.8) is 0 Å². The van der Waals surface area contributed by atoms with E-state index in [0.29, 0.717) is 22.9 Å². The molecule has 0 fully saturated rings. The molecule has 1 heterocycles. The van der Waals surface area contributed by atoms with E-state index in [1.807, 2.05) is 18.2 Å². The van der Waals surface area contributed by atoms with Crippen LogP contribution in [0.2, 0.25) is 0 Å². The van der Waals surface area contributed by atoms with Crippen LogP contribution in [0.4, 0.5) is 22.0 Å². The second-order valence-electron chi connectivity index (χ2n) is 5.18. The van der Waals surface area contributed by atoms with Crippen molar-refractivity contribution in [2.75, 3.05) is 10.6 Å². The van der Waals surface area contributed by atoms with Gasteiger partial charge in [0, 0.05) is 17.4 Å². The van der Waals surface area contributed by atoms with Gasteiger partial charge in [0.25, 0.3) is 0 Å². The first kappa shape index (κ1) is 16.9. The number of ether oxygens (including phenoxy) is 1. The van der Waals surface area contributed by atoms with E-state index in [2.05, 4.69) is 15.6 Å². The molecule has 0 bridgehead atoms. The highest BCUT2D eigenvalue weighted by Gasteiger charge is 2.08. The van der Waals surface area contributed by atoms with Gasteiger partial charge < -0.3 is 25.5 Å². The molecule has 0 aliphatic rings. The lowest BCUT2D eigenvalue weighted by atomic mass is 10.3. The fraction of sp³-hybridized carbons (Fsp3) is 0. The van der Waals surface area contributed by atoms with Crippen LogP contribution >= 0.6 is 0 Å². The number of pyridine rings is 1. The van der Waals surface area contributed by atoms with E-state index < -0.39 is 4.92 Å². The molecule has 2 aromatic carbocycles. The number of urea groups is 1. The van der Waals surface area contributed by atoms with Crippen LogP contribution in [0.15, 0.2) is 72.9 Å². The standard InChI is InChI=1S/C18H14N4O4/c23-18(20-13-4-2-1-3-5-13)21-14-6-8-15(9-7-14)26-16-10-11-17(19-12-16)22(24)25/h1-12H,(H2,20,21,23). The maximum Gasteiger partial charge on any atom is 0.363 e. The number of nitrogens with zero attached hydrogens (tertiary/aromatic N) is 2. The van der Waals surface area contributed by atoms with Crippen LogP contribution in [0.1, 0.15) is 0 Å². The Labute approximate surface area is 148 Å². The maximum atomic E-state index is 11.9. The van der Waals surface area contributed by atoms with Crippen LogP contribution in [0.25, 0.3) is 0 Å². The topological polar surface area (TPSA) is 106 Å². The zero-order valence-electron chi connectivity index (χ0n) is 13.5. The molecule has 0 unspecified atom stereocenters. The molecule has 0 saturated heterocycles. The highest BCUT2D eigenvalue weighted by atomic mass is 16.6. The summed E-state index contributed by atoms with van der Waals surface area (Å²) in [4.78, 5) is 25.6. The van der Waals surface area contributed by atoms with Crippen LogP contribution in [0.5, 0.6) is 11.5 Å². The van der Waals surface area contributed by atoms with Crippen molar-refractivity contribution in [1.29, 1.82) is 0 Å². The largest absolute Gasteiger partial charge is 0.453 e. The molecule has 3 rings (SSSR count). The van der Waals surface area contributed by atoms with E-state index in [4.69, 9.17) is 4.74 Å². The molecule has 0 spiro atoms. The molecule has 8 nitrogen and oxygen atoms in total. The average Bonchev–Trinajstić information content (AvgIpc) is 2.64. The second-order valence-corrected chi connectivity index (χ2v) is 5.18. The van der Waals surface area contributed by atoms with Crippen LogP contribution in [-0.4, -0.2) is 15.9 Å². The first-order chi connectivity index (χ1) is 12.6. The molecule has 0 radical (unpaired) electrons. The molecule has 130 valence electrons. The van der Waals surface area contributed by atoms with Gasteiger partial charge in [0.05, 0.1) is 0 Å². The first-order valence-corrected chi connectivity index (χ1v) is 7.61. The van der Waals surface area contributed by atoms with Gasteiger partial charge in [0.1, 0.15) is 5.75 Å². The average molecular weight is 350 g/mol. The molecule has 0 aliphatic heterocycles. The molecule has 3 aromatic rings. The molecule has 1 aromatic heterocycles. The van der Waals surface area contributed by atoms with Crippen LogP contribution in [0.3, 0.4) is 0 Å². The SMILES string of the molecule is O=C(Nc1ccccc1)Nc1ccc(Oc2ccc([N+](=O)[O-])nc2)cc1. The zero-order valence-corrected chi connectivity index (χ0v) is 13.5. The van der Waals surface area contributed by atoms with Gasteiger partial charge in [-0.3, -0.25) is 0 Å². The minimum absolute atomic E-state index is 0.249. The summed E-state index contributed by atoms with van der Waals surface area (Å²) in [6, 6.07) is 18.2.